The molecule has 0 atom stereocenters. The lowest BCUT2D eigenvalue weighted by atomic mass is 9.89. The molecular weight excluding hydrogens is 420 g/mol. The molecule has 3 heterocycles. The topological polar surface area (TPSA) is 52.6 Å². The molecule has 1 fully saturated rings. The first-order valence-electron chi connectivity index (χ1n) is 11.4. The van der Waals surface area contributed by atoms with Crippen LogP contribution in [-0.4, -0.2) is 65.3 Å². The number of hydrogen-bond donors (Lipinski definition) is 0. The quantitative estimate of drug-likeness (QED) is 0.587. The molecule has 0 unspecified atom stereocenters. The first-order chi connectivity index (χ1) is 16.2. The third-order valence-corrected chi connectivity index (χ3v) is 6.85. The minimum atomic E-state index is 0.272. The fourth-order valence-electron chi connectivity index (χ4n) is 5.12. The highest BCUT2D eigenvalue weighted by atomic mass is 16.7. The first kappa shape index (κ1) is 20.4. The van der Waals surface area contributed by atoms with E-state index in [1.54, 1.807) is 14.2 Å². The Morgan fingerprint density at radius 1 is 0.848 bits per heavy atom. The van der Waals surface area contributed by atoms with Crippen LogP contribution in [0.1, 0.15) is 5.56 Å². The average Bonchev–Trinajstić information content (AvgIpc) is 3.32. The molecule has 172 valence electrons. The van der Waals surface area contributed by atoms with Crippen molar-refractivity contribution in [1.82, 2.24) is 4.90 Å². The Labute approximate surface area is 193 Å². The van der Waals surface area contributed by atoms with Crippen molar-refractivity contribution in [2.45, 2.75) is 6.54 Å². The van der Waals surface area contributed by atoms with Gasteiger partial charge < -0.3 is 28.6 Å². The monoisotopic (exact) mass is 448 g/mol. The molecule has 3 aromatic rings. The largest absolute Gasteiger partial charge is 0.493 e. The maximum absolute atomic E-state index is 5.72. The smallest absolute Gasteiger partial charge is 0.231 e. The lowest BCUT2D eigenvalue weighted by molar-refractivity contribution is 0.0391. The van der Waals surface area contributed by atoms with Crippen LogP contribution in [0.2, 0.25) is 0 Å². The van der Waals surface area contributed by atoms with Gasteiger partial charge in [0.25, 0.3) is 0 Å². The summed E-state index contributed by atoms with van der Waals surface area (Å²) in [5.74, 6) is 3.12. The zero-order valence-electron chi connectivity index (χ0n) is 19.1. The van der Waals surface area contributed by atoms with Gasteiger partial charge in [-0.1, -0.05) is 12.1 Å². The molecule has 0 aliphatic carbocycles. The van der Waals surface area contributed by atoms with Crippen molar-refractivity contribution in [3.63, 3.8) is 0 Å². The Morgan fingerprint density at radius 3 is 2.39 bits per heavy atom. The standard InChI is InChI=1S/C26H28N2O5/c1-29-22-12-18-15-28(6-5-27-7-9-31-10-8-27)26-19(20(18)13-23(22)30-2)4-3-17-11-24-25(14-21(17)26)33-16-32-24/h3-4,11-14H,5-10,15-16H2,1-2H3. The Kier molecular flexibility index (Phi) is 5.15. The molecule has 0 N–H and O–H groups in total. The maximum Gasteiger partial charge on any atom is 0.231 e. The van der Waals surface area contributed by atoms with E-state index in [9.17, 15) is 0 Å². The van der Waals surface area contributed by atoms with E-state index in [0.29, 0.717) is 0 Å². The molecular formula is C26H28N2O5. The molecule has 3 aliphatic heterocycles. The number of rotatable bonds is 5. The van der Waals surface area contributed by atoms with Gasteiger partial charge >= 0.3 is 0 Å². The van der Waals surface area contributed by atoms with E-state index >= 15 is 0 Å². The Balaban J connectivity index is 1.48. The summed E-state index contributed by atoms with van der Waals surface area (Å²) in [4.78, 5) is 4.97. The third kappa shape index (κ3) is 3.52. The molecule has 6 rings (SSSR count). The normalized spacial score (nSPS) is 17.1. The second kappa shape index (κ2) is 8.32. The molecule has 0 amide bonds. The van der Waals surface area contributed by atoms with Gasteiger partial charge in [-0.2, -0.15) is 0 Å². The first-order valence-corrected chi connectivity index (χ1v) is 11.4. The van der Waals surface area contributed by atoms with Crippen LogP contribution in [0.15, 0.2) is 36.4 Å². The van der Waals surface area contributed by atoms with Crippen molar-refractivity contribution in [3.05, 3.63) is 42.0 Å². The molecule has 0 saturated carbocycles. The molecule has 33 heavy (non-hydrogen) atoms. The van der Waals surface area contributed by atoms with Crippen molar-refractivity contribution >= 4 is 16.5 Å². The summed E-state index contributed by atoms with van der Waals surface area (Å²) in [5.41, 5.74) is 4.86. The van der Waals surface area contributed by atoms with E-state index in [0.717, 1.165) is 74.3 Å². The molecule has 0 bridgehead atoms. The van der Waals surface area contributed by atoms with Crippen LogP contribution in [0.4, 0.5) is 5.69 Å². The summed E-state index contributed by atoms with van der Waals surface area (Å²) in [6.45, 7) is 6.58. The van der Waals surface area contributed by atoms with Crippen molar-refractivity contribution in [3.8, 4) is 34.1 Å². The van der Waals surface area contributed by atoms with Gasteiger partial charge in [0.15, 0.2) is 23.0 Å². The van der Waals surface area contributed by atoms with Crippen LogP contribution >= 0.6 is 0 Å². The number of fused-ring (bicyclic) bond motifs is 6. The van der Waals surface area contributed by atoms with E-state index in [4.69, 9.17) is 23.7 Å². The molecule has 7 heteroatoms. The fraction of sp³-hybridized carbons (Fsp3) is 0.385. The summed E-state index contributed by atoms with van der Waals surface area (Å²) >= 11 is 0. The van der Waals surface area contributed by atoms with Crippen LogP contribution in [-0.2, 0) is 11.3 Å². The zero-order chi connectivity index (χ0) is 22.4. The zero-order valence-corrected chi connectivity index (χ0v) is 19.1. The Bertz CT molecular complexity index is 1210. The number of ether oxygens (including phenoxy) is 5. The van der Waals surface area contributed by atoms with Crippen molar-refractivity contribution < 1.29 is 23.7 Å². The summed E-state index contributed by atoms with van der Waals surface area (Å²) in [5, 5.41) is 2.33. The van der Waals surface area contributed by atoms with E-state index < -0.39 is 0 Å². The molecule has 0 spiro atoms. The van der Waals surface area contributed by atoms with Gasteiger partial charge in [-0.15, -0.1) is 0 Å². The predicted octanol–water partition coefficient (Wildman–Crippen LogP) is 3.90. The van der Waals surface area contributed by atoms with Gasteiger partial charge in [-0.3, -0.25) is 4.90 Å². The van der Waals surface area contributed by atoms with E-state index in [2.05, 4.69) is 46.2 Å². The second-order valence-electron chi connectivity index (χ2n) is 8.63. The third-order valence-electron chi connectivity index (χ3n) is 6.85. The van der Waals surface area contributed by atoms with Gasteiger partial charge in [0.05, 0.1) is 33.1 Å². The van der Waals surface area contributed by atoms with Gasteiger partial charge in [-0.05, 0) is 40.8 Å². The number of hydrogen-bond acceptors (Lipinski definition) is 7. The number of nitrogens with zero attached hydrogens (tertiary/aromatic N) is 2. The van der Waals surface area contributed by atoms with Crippen molar-refractivity contribution in [2.24, 2.45) is 0 Å². The average molecular weight is 449 g/mol. The Morgan fingerprint density at radius 2 is 1.61 bits per heavy atom. The minimum Gasteiger partial charge on any atom is -0.493 e. The maximum atomic E-state index is 5.72. The van der Waals surface area contributed by atoms with E-state index in [-0.39, 0.29) is 6.79 Å². The molecule has 7 nitrogen and oxygen atoms in total. The Hall–Kier alpha value is -3.16. The van der Waals surface area contributed by atoms with Gasteiger partial charge in [0.2, 0.25) is 6.79 Å². The van der Waals surface area contributed by atoms with Gasteiger partial charge in [-0.25, -0.2) is 0 Å². The highest BCUT2D eigenvalue weighted by Gasteiger charge is 2.28. The SMILES string of the molecule is COc1cc2c(cc1OC)-c1ccc3cc4c(cc3c1N(CCN1CCOCC1)C2)OCO4. The highest BCUT2D eigenvalue weighted by molar-refractivity contribution is 6.05. The van der Waals surface area contributed by atoms with E-state index in [1.165, 1.54) is 27.8 Å². The van der Waals surface area contributed by atoms with Crippen LogP contribution in [0.3, 0.4) is 0 Å². The fourth-order valence-corrected chi connectivity index (χ4v) is 5.12. The van der Waals surface area contributed by atoms with Crippen LogP contribution in [0.5, 0.6) is 23.0 Å². The number of morpholine rings is 1. The summed E-state index contributed by atoms with van der Waals surface area (Å²) in [7, 11) is 3.37. The van der Waals surface area contributed by atoms with Crippen LogP contribution in [0.25, 0.3) is 21.9 Å². The van der Waals surface area contributed by atoms with Crippen LogP contribution < -0.4 is 23.8 Å². The highest BCUT2D eigenvalue weighted by Crippen LogP contribution is 2.48. The summed E-state index contributed by atoms with van der Waals surface area (Å²) < 4.78 is 28.1. The number of anilines is 1. The minimum absolute atomic E-state index is 0.272. The molecule has 1 saturated heterocycles. The number of methoxy groups -OCH3 is 2. The van der Waals surface area contributed by atoms with Crippen LogP contribution in [0, 0.1) is 0 Å². The lowest BCUT2D eigenvalue weighted by Crippen LogP contribution is -2.42. The molecule has 0 aromatic heterocycles. The summed E-state index contributed by atoms with van der Waals surface area (Å²) in [6.07, 6.45) is 0. The molecule has 0 radical (unpaired) electrons. The second-order valence-corrected chi connectivity index (χ2v) is 8.63. The van der Waals surface area contributed by atoms with Gasteiger partial charge in [0, 0.05) is 43.7 Å². The van der Waals surface area contributed by atoms with Gasteiger partial charge in [0.1, 0.15) is 0 Å². The van der Waals surface area contributed by atoms with Crippen molar-refractivity contribution in [2.75, 3.05) is 65.3 Å². The molecule has 3 aliphatic rings. The molecule has 3 aromatic carbocycles. The number of benzene rings is 3. The summed E-state index contributed by atoms with van der Waals surface area (Å²) in [6, 6.07) is 12.8. The predicted molar refractivity (Wildman–Crippen MR) is 127 cm³/mol. The van der Waals surface area contributed by atoms with Crippen molar-refractivity contribution in [1.29, 1.82) is 0 Å². The lowest BCUT2D eigenvalue weighted by Gasteiger charge is -2.36. The van der Waals surface area contributed by atoms with E-state index in [1.807, 2.05) is 0 Å².